The van der Waals surface area contributed by atoms with Gasteiger partial charge in [-0.2, -0.15) is 0 Å². The van der Waals surface area contributed by atoms with Crippen molar-refractivity contribution in [3.8, 4) is 0 Å². The monoisotopic (exact) mass is 236 g/mol. The van der Waals surface area contributed by atoms with Crippen molar-refractivity contribution in [1.29, 1.82) is 0 Å². The van der Waals surface area contributed by atoms with Crippen LogP contribution in [-0.2, 0) is 0 Å². The Morgan fingerprint density at radius 3 is 2.59 bits per heavy atom. The average Bonchev–Trinajstić information content (AvgIpc) is 2.68. The molecular weight excluding hydrogens is 216 g/mol. The van der Waals surface area contributed by atoms with Crippen LogP contribution in [0.2, 0.25) is 0 Å². The van der Waals surface area contributed by atoms with Gasteiger partial charge < -0.3 is 5.32 Å². The number of rotatable bonds is 2. The lowest BCUT2D eigenvalue weighted by Gasteiger charge is -2.34. The number of nitrogens with zero attached hydrogens (tertiary/aromatic N) is 2. The Kier molecular flexibility index (Phi) is 3.17. The van der Waals surface area contributed by atoms with E-state index in [0.29, 0.717) is 11.2 Å². The molecule has 2 rings (SSSR count). The number of H-pyrrole nitrogens is 1. The SMILES string of the molecule is Cc1nc(C(=O)NC2CCC(C)(C)CC2)n[nH]1. The Hall–Kier alpha value is -1.39. The third-order valence-corrected chi connectivity index (χ3v) is 3.47. The average molecular weight is 236 g/mol. The Bertz CT molecular complexity index is 400. The third-order valence-electron chi connectivity index (χ3n) is 3.47. The molecule has 1 amide bonds. The van der Waals surface area contributed by atoms with Gasteiger partial charge in [0.1, 0.15) is 5.82 Å². The molecule has 2 N–H and O–H groups in total. The summed E-state index contributed by atoms with van der Waals surface area (Å²) in [6.07, 6.45) is 4.40. The molecule has 0 spiro atoms. The van der Waals surface area contributed by atoms with E-state index in [-0.39, 0.29) is 17.8 Å². The van der Waals surface area contributed by atoms with Gasteiger partial charge in [-0.25, -0.2) is 4.98 Å². The summed E-state index contributed by atoms with van der Waals surface area (Å²) in [4.78, 5) is 15.9. The summed E-state index contributed by atoms with van der Waals surface area (Å²) in [6.45, 7) is 6.35. The van der Waals surface area contributed by atoms with Crippen molar-refractivity contribution in [2.24, 2.45) is 5.41 Å². The molecule has 1 aliphatic rings. The van der Waals surface area contributed by atoms with Gasteiger partial charge in [0.15, 0.2) is 0 Å². The van der Waals surface area contributed by atoms with Gasteiger partial charge in [0.25, 0.3) is 5.91 Å². The van der Waals surface area contributed by atoms with Gasteiger partial charge in [0.05, 0.1) is 0 Å². The molecule has 5 heteroatoms. The van der Waals surface area contributed by atoms with Crippen LogP contribution >= 0.6 is 0 Å². The molecule has 1 aliphatic carbocycles. The van der Waals surface area contributed by atoms with E-state index in [1.165, 1.54) is 0 Å². The molecular formula is C12H20N4O. The lowest BCUT2D eigenvalue weighted by atomic mass is 9.75. The van der Waals surface area contributed by atoms with Crippen LogP contribution < -0.4 is 5.32 Å². The largest absolute Gasteiger partial charge is 0.347 e. The Morgan fingerprint density at radius 1 is 1.41 bits per heavy atom. The van der Waals surface area contributed by atoms with Crippen molar-refractivity contribution in [3.63, 3.8) is 0 Å². The maximum atomic E-state index is 11.8. The van der Waals surface area contributed by atoms with Crippen LogP contribution in [0.15, 0.2) is 0 Å². The molecule has 0 radical (unpaired) electrons. The van der Waals surface area contributed by atoms with Crippen LogP contribution in [0.1, 0.15) is 56.0 Å². The summed E-state index contributed by atoms with van der Waals surface area (Å²) < 4.78 is 0. The highest BCUT2D eigenvalue weighted by atomic mass is 16.2. The summed E-state index contributed by atoms with van der Waals surface area (Å²) in [5, 5.41) is 9.54. The van der Waals surface area contributed by atoms with Crippen LogP contribution in [0, 0.1) is 12.3 Å². The van der Waals surface area contributed by atoms with Gasteiger partial charge in [-0.3, -0.25) is 9.89 Å². The topological polar surface area (TPSA) is 70.7 Å². The number of hydrogen-bond acceptors (Lipinski definition) is 3. The Morgan fingerprint density at radius 2 is 2.06 bits per heavy atom. The molecule has 1 aromatic heterocycles. The molecule has 94 valence electrons. The molecule has 0 aliphatic heterocycles. The summed E-state index contributed by atoms with van der Waals surface area (Å²) in [5.74, 6) is 0.742. The third kappa shape index (κ3) is 3.05. The predicted molar refractivity (Wildman–Crippen MR) is 64.6 cm³/mol. The maximum Gasteiger partial charge on any atom is 0.291 e. The quantitative estimate of drug-likeness (QED) is 0.822. The van der Waals surface area contributed by atoms with Gasteiger partial charge in [0, 0.05) is 6.04 Å². The van der Waals surface area contributed by atoms with Crippen LogP contribution in [0.25, 0.3) is 0 Å². The normalized spacial score (nSPS) is 20.2. The van der Waals surface area contributed by atoms with Crippen LogP contribution in [0.4, 0.5) is 0 Å². The molecule has 0 aromatic carbocycles. The number of carbonyl (C=O) groups excluding carboxylic acids is 1. The minimum absolute atomic E-state index is 0.168. The summed E-state index contributed by atoms with van der Waals surface area (Å²) in [6, 6.07) is 0.273. The fourth-order valence-corrected chi connectivity index (χ4v) is 2.24. The summed E-state index contributed by atoms with van der Waals surface area (Å²) >= 11 is 0. The smallest absolute Gasteiger partial charge is 0.291 e. The van der Waals surface area contributed by atoms with Crippen LogP contribution in [0.3, 0.4) is 0 Å². The zero-order valence-electron chi connectivity index (χ0n) is 10.7. The van der Waals surface area contributed by atoms with E-state index in [2.05, 4.69) is 34.3 Å². The predicted octanol–water partition coefficient (Wildman–Crippen LogP) is 1.81. The van der Waals surface area contributed by atoms with Crippen molar-refractivity contribution in [3.05, 3.63) is 11.6 Å². The number of nitrogens with one attached hydrogen (secondary N) is 2. The first kappa shape index (κ1) is 12.1. The minimum atomic E-state index is -0.168. The van der Waals surface area contributed by atoms with Crippen molar-refractivity contribution < 1.29 is 4.79 Å². The molecule has 17 heavy (non-hydrogen) atoms. The fourth-order valence-electron chi connectivity index (χ4n) is 2.24. The molecule has 1 saturated carbocycles. The van der Waals surface area contributed by atoms with E-state index in [9.17, 15) is 4.79 Å². The fraction of sp³-hybridized carbons (Fsp3) is 0.750. The first-order chi connectivity index (χ1) is 7.96. The standard InChI is InChI=1S/C12H20N4O/c1-8-13-10(16-15-8)11(17)14-9-4-6-12(2,3)7-5-9/h9H,4-7H2,1-3H3,(H,14,17)(H,13,15,16). The lowest BCUT2D eigenvalue weighted by molar-refractivity contribution is 0.0899. The number of aromatic nitrogens is 3. The van der Waals surface area contributed by atoms with E-state index >= 15 is 0 Å². The van der Waals surface area contributed by atoms with Gasteiger partial charge in [-0.15, -0.1) is 5.10 Å². The zero-order chi connectivity index (χ0) is 12.5. The number of aryl methyl sites for hydroxylation is 1. The molecule has 0 atom stereocenters. The molecule has 0 bridgehead atoms. The lowest BCUT2D eigenvalue weighted by Crippen LogP contribution is -2.39. The second-order valence-corrected chi connectivity index (χ2v) is 5.66. The minimum Gasteiger partial charge on any atom is -0.347 e. The van der Waals surface area contributed by atoms with E-state index in [4.69, 9.17) is 0 Å². The number of aromatic amines is 1. The van der Waals surface area contributed by atoms with E-state index in [1.807, 2.05) is 0 Å². The van der Waals surface area contributed by atoms with Gasteiger partial charge in [0.2, 0.25) is 5.82 Å². The first-order valence-electron chi connectivity index (χ1n) is 6.16. The molecule has 1 aromatic rings. The second kappa shape index (κ2) is 4.47. The van der Waals surface area contributed by atoms with E-state index in [1.54, 1.807) is 6.92 Å². The summed E-state index contributed by atoms with van der Waals surface area (Å²) in [7, 11) is 0. The zero-order valence-corrected chi connectivity index (χ0v) is 10.7. The molecule has 1 heterocycles. The molecule has 1 fully saturated rings. The Balaban J connectivity index is 1.88. The number of hydrogen-bond donors (Lipinski definition) is 2. The van der Waals surface area contributed by atoms with Crippen molar-refractivity contribution in [1.82, 2.24) is 20.5 Å². The highest BCUT2D eigenvalue weighted by molar-refractivity contribution is 5.90. The van der Waals surface area contributed by atoms with Gasteiger partial charge in [-0.1, -0.05) is 13.8 Å². The second-order valence-electron chi connectivity index (χ2n) is 5.66. The van der Waals surface area contributed by atoms with Crippen molar-refractivity contribution in [2.75, 3.05) is 0 Å². The molecule has 5 nitrogen and oxygen atoms in total. The van der Waals surface area contributed by atoms with E-state index < -0.39 is 0 Å². The van der Waals surface area contributed by atoms with E-state index in [0.717, 1.165) is 25.7 Å². The number of amides is 1. The molecule has 0 saturated heterocycles. The highest BCUT2D eigenvalue weighted by Crippen LogP contribution is 2.34. The Labute approximate surface area is 101 Å². The number of carbonyl (C=O) groups is 1. The van der Waals surface area contributed by atoms with Crippen LogP contribution in [-0.4, -0.2) is 27.1 Å². The van der Waals surface area contributed by atoms with Crippen LogP contribution in [0.5, 0.6) is 0 Å². The molecule has 0 unspecified atom stereocenters. The summed E-state index contributed by atoms with van der Waals surface area (Å²) in [5.41, 5.74) is 0.419. The van der Waals surface area contributed by atoms with Gasteiger partial charge in [-0.05, 0) is 38.0 Å². The van der Waals surface area contributed by atoms with Crippen molar-refractivity contribution in [2.45, 2.75) is 52.5 Å². The first-order valence-corrected chi connectivity index (χ1v) is 6.16. The maximum absolute atomic E-state index is 11.8. The highest BCUT2D eigenvalue weighted by Gasteiger charge is 2.28. The van der Waals surface area contributed by atoms with Crippen molar-refractivity contribution >= 4 is 5.91 Å². The van der Waals surface area contributed by atoms with Gasteiger partial charge >= 0.3 is 0 Å².